The lowest BCUT2D eigenvalue weighted by molar-refractivity contribution is 0.269. The second-order valence-electron chi connectivity index (χ2n) is 7.60. The van der Waals surface area contributed by atoms with Gasteiger partial charge in [-0.1, -0.05) is 49.1 Å². The highest BCUT2D eigenvalue weighted by molar-refractivity contribution is 7.80. The lowest BCUT2D eigenvalue weighted by Crippen LogP contribution is -2.40. The molecule has 0 aliphatic heterocycles. The van der Waals surface area contributed by atoms with E-state index >= 15 is 0 Å². The average molecular weight is 426 g/mol. The second-order valence-corrected chi connectivity index (χ2v) is 8.00. The van der Waals surface area contributed by atoms with E-state index < -0.39 is 0 Å². The van der Waals surface area contributed by atoms with E-state index in [1.54, 1.807) is 6.21 Å². The quantitative estimate of drug-likeness (QED) is 0.350. The number of nitrogens with zero attached hydrogens (tertiary/aromatic N) is 1. The normalized spacial score (nSPS) is 14.5. The van der Waals surface area contributed by atoms with Crippen molar-refractivity contribution < 1.29 is 9.47 Å². The van der Waals surface area contributed by atoms with Crippen molar-refractivity contribution in [1.29, 1.82) is 0 Å². The highest BCUT2D eigenvalue weighted by Crippen LogP contribution is 2.29. The molecule has 0 unspecified atom stereocenters. The van der Waals surface area contributed by atoms with Gasteiger partial charge in [-0.3, -0.25) is 5.43 Å². The Morgan fingerprint density at radius 2 is 1.93 bits per heavy atom. The van der Waals surface area contributed by atoms with E-state index in [4.69, 9.17) is 21.7 Å². The summed E-state index contributed by atoms with van der Waals surface area (Å²) in [4.78, 5) is 0. The molecule has 30 heavy (non-hydrogen) atoms. The molecule has 0 bridgehead atoms. The monoisotopic (exact) mass is 425 g/mol. The van der Waals surface area contributed by atoms with E-state index in [2.05, 4.69) is 41.0 Å². The van der Waals surface area contributed by atoms with Gasteiger partial charge in [0.2, 0.25) is 0 Å². The molecule has 0 aromatic heterocycles. The van der Waals surface area contributed by atoms with E-state index in [9.17, 15) is 0 Å². The molecule has 2 N–H and O–H groups in total. The van der Waals surface area contributed by atoms with Gasteiger partial charge in [0, 0.05) is 6.04 Å². The van der Waals surface area contributed by atoms with Crippen LogP contribution in [-0.2, 0) is 6.61 Å². The molecule has 5 nitrogen and oxygen atoms in total. The fourth-order valence-corrected chi connectivity index (χ4v) is 3.80. The first-order valence-corrected chi connectivity index (χ1v) is 11.1. The summed E-state index contributed by atoms with van der Waals surface area (Å²) in [5, 5.41) is 8.18. The van der Waals surface area contributed by atoms with Crippen LogP contribution in [0.1, 0.15) is 55.7 Å². The number of aryl methyl sites for hydroxylation is 1. The van der Waals surface area contributed by atoms with Crippen molar-refractivity contribution in [2.45, 2.75) is 58.6 Å². The third-order valence-electron chi connectivity index (χ3n) is 5.06. The van der Waals surface area contributed by atoms with Crippen molar-refractivity contribution in [2.75, 3.05) is 6.61 Å². The molecule has 2 aromatic carbocycles. The first-order chi connectivity index (χ1) is 14.6. The minimum absolute atomic E-state index is 0.461. The number of hydrogen-bond acceptors (Lipinski definition) is 4. The summed E-state index contributed by atoms with van der Waals surface area (Å²) in [6.07, 6.45) is 7.94. The largest absolute Gasteiger partial charge is 0.490 e. The fourth-order valence-electron chi connectivity index (χ4n) is 3.59. The zero-order valence-corrected chi connectivity index (χ0v) is 18.6. The van der Waals surface area contributed by atoms with Gasteiger partial charge in [-0.15, -0.1) is 0 Å². The summed E-state index contributed by atoms with van der Waals surface area (Å²) < 4.78 is 11.8. The van der Waals surface area contributed by atoms with Crippen LogP contribution in [0.15, 0.2) is 47.6 Å². The maximum Gasteiger partial charge on any atom is 0.187 e. The van der Waals surface area contributed by atoms with Gasteiger partial charge >= 0.3 is 0 Å². The summed E-state index contributed by atoms with van der Waals surface area (Å²) in [6.45, 7) is 5.10. The predicted octanol–water partition coefficient (Wildman–Crippen LogP) is 5.10. The van der Waals surface area contributed by atoms with Gasteiger partial charge in [0.1, 0.15) is 6.61 Å². The van der Waals surface area contributed by atoms with Crippen LogP contribution in [0.2, 0.25) is 0 Å². The molecular formula is C24H31N3O2S. The minimum Gasteiger partial charge on any atom is -0.490 e. The summed E-state index contributed by atoms with van der Waals surface area (Å²) in [5.74, 6) is 1.43. The SMILES string of the molecule is CCOc1cc(/C=N/NC(=S)NC2CCCCC2)ccc1OCc1cccc(C)c1. The van der Waals surface area contributed by atoms with Crippen molar-refractivity contribution in [3.8, 4) is 11.5 Å². The van der Waals surface area contributed by atoms with E-state index in [-0.39, 0.29) is 0 Å². The molecule has 1 fully saturated rings. The molecule has 6 heteroatoms. The lowest BCUT2D eigenvalue weighted by atomic mass is 9.96. The number of hydrazone groups is 1. The molecule has 0 amide bonds. The van der Waals surface area contributed by atoms with Gasteiger partial charge in [-0.05, 0) is 68.2 Å². The van der Waals surface area contributed by atoms with Gasteiger partial charge in [0.05, 0.1) is 12.8 Å². The zero-order chi connectivity index (χ0) is 21.2. The molecule has 0 radical (unpaired) electrons. The van der Waals surface area contributed by atoms with Gasteiger partial charge in [-0.2, -0.15) is 5.10 Å². The maximum atomic E-state index is 6.00. The minimum atomic E-state index is 0.461. The molecule has 1 saturated carbocycles. The summed E-state index contributed by atoms with van der Waals surface area (Å²) in [5.41, 5.74) is 6.17. The number of thiocarbonyl (C=S) groups is 1. The van der Waals surface area contributed by atoms with E-state index in [1.165, 1.54) is 37.7 Å². The Hall–Kier alpha value is -2.60. The van der Waals surface area contributed by atoms with Crippen LogP contribution in [0.25, 0.3) is 0 Å². The van der Waals surface area contributed by atoms with E-state index in [0.717, 1.165) is 16.9 Å². The van der Waals surface area contributed by atoms with Crippen molar-refractivity contribution >= 4 is 23.5 Å². The van der Waals surface area contributed by atoms with Crippen LogP contribution in [0.4, 0.5) is 0 Å². The van der Waals surface area contributed by atoms with Crippen molar-refractivity contribution in [2.24, 2.45) is 5.10 Å². The summed E-state index contributed by atoms with van der Waals surface area (Å²) in [7, 11) is 0. The van der Waals surface area contributed by atoms with Crippen LogP contribution in [0.3, 0.4) is 0 Å². The third-order valence-corrected chi connectivity index (χ3v) is 5.27. The van der Waals surface area contributed by atoms with E-state index in [1.807, 2.05) is 31.2 Å². The molecular weight excluding hydrogens is 394 g/mol. The number of benzene rings is 2. The Morgan fingerprint density at radius 1 is 1.10 bits per heavy atom. The van der Waals surface area contributed by atoms with Gasteiger partial charge < -0.3 is 14.8 Å². The molecule has 0 heterocycles. The molecule has 0 atom stereocenters. The highest BCUT2D eigenvalue weighted by Gasteiger charge is 2.13. The number of nitrogens with one attached hydrogen (secondary N) is 2. The molecule has 160 valence electrons. The number of ether oxygens (including phenoxy) is 2. The predicted molar refractivity (Wildman–Crippen MR) is 126 cm³/mol. The van der Waals surface area contributed by atoms with Crippen LogP contribution in [0, 0.1) is 6.92 Å². The summed E-state index contributed by atoms with van der Waals surface area (Å²) >= 11 is 5.35. The topological polar surface area (TPSA) is 54.9 Å². The Labute approximate surface area is 184 Å². The van der Waals surface area contributed by atoms with Crippen molar-refractivity contribution in [3.05, 3.63) is 59.2 Å². The first kappa shape index (κ1) is 22.1. The summed E-state index contributed by atoms with van der Waals surface area (Å²) in [6, 6.07) is 14.6. The van der Waals surface area contributed by atoms with Gasteiger partial charge in [0.15, 0.2) is 16.6 Å². The second kappa shape index (κ2) is 11.6. The van der Waals surface area contributed by atoms with Crippen LogP contribution < -0.4 is 20.2 Å². The highest BCUT2D eigenvalue weighted by atomic mass is 32.1. The number of rotatable bonds is 8. The third kappa shape index (κ3) is 7.02. The van der Waals surface area contributed by atoms with Gasteiger partial charge in [-0.25, -0.2) is 0 Å². The Balaban J connectivity index is 1.56. The van der Waals surface area contributed by atoms with Crippen molar-refractivity contribution in [3.63, 3.8) is 0 Å². The Kier molecular flexibility index (Phi) is 8.51. The zero-order valence-electron chi connectivity index (χ0n) is 17.8. The lowest BCUT2D eigenvalue weighted by Gasteiger charge is -2.23. The molecule has 0 spiro atoms. The molecule has 0 saturated heterocycles. The van der Waals surface area contributed by atoms with E-state index in [0.29, 0.717) is 30.1 Å². The van der Waals surface area contributed by atoms with Crippen LogP contribution in [-0.4, -0.2) is 24.0 Å². The first-order valence-electron chi connectivity index (χ1n) is 10.7. The fraction of sp³-hybridized carbons (Fsp3) is 0.417. The molecule has 2 aromatic rings. The van der Waals surface area contributed by atoms with Crippen molar-refractivity contribution in [1.82, 2.24) is 10.7 Å². The van der Waals surface area contributed by atoms with Crippen LogP contribution in [0.5, 0.6) is 11.5 Å². The molecule has 1 aliphatic carbocycles. The maximum absolute atomic E-state index is 6.00. The average Bonchev–Trinajstić information content (AvgIpc) is 2.74. The smallest absolute Gasteiger partial charge is 0.187 e. The Bertz CT molecular complexity index is 863. The van der Waals surface area contributed by atoms with Crippen LogP contribution >= 0.6 is 12.2 Å². The standard InChI is InChI=1S/C24H31N3O2S/c1-3-28-23-15-19(16-25-27-24(30)26-21-10-5-4-6-11-21)12-13-22(23)29-17-20-9-7-8-18(2)14-20/h7-9,12-16,21H,3-6,10-11,17H2,1-2H3,(H2,26,27,30)/b25-16+. The Morgan fingerprint density at radius 3 is 2.70 bits per heavy atom. The van der Waals surface area contributed by atoms with Gasteiger partial charge in [0.25, 0.3) is 0 Å². The molecule has 1 aliphatic rings. The molecule has 3 rings (SSSR count). The number of hydrogen-bond donors (Lipinski definition) is 2.